The molecule has 0 radical (unpaired) electrons. The molecule has 0 unspecified atom stereocenters. The summed E-state index contributed by atoms with van der Waals surface area (Å²) >= 11 is 0. The Bertz CT molecular complexity index is 135. The van der Waals surface area contributed by atoms with Crippen molar-refractivity contribution in [2.24, 2.45) is 0 Å². The van der Waals surface area contributed by atoms with Crippen LogP contribution in [-0.4, -0.2) is 0 Å². The van der Waals surface area contributed by atoms with Crippen LogP contribution in [0.2, 0.25) is 0 Å². The van der Waals surface area contributed by atoms with E-state index in [1.54, 1.807) is 9.81 Å². The van der Waals surface area contributed by atoms with E-state index >= 15 is 0 Å². The molecule has 1 aliphatic heterocycles. The van der Waals surface area contributed by atoms with Crippen molar-refractivity contribution in [3.8, 4) is 0 Å². The smallest absolute Gasteiger partial charge is 0.00702 e. The predicted octanol–water partition coefficient (Wildman–Crippen LogP) is 4.84. The van der Waals surface area contributed by atoms with Crippen LogP contribution < -0.4 is 0 Å². The second-order valence-corrected chi connectivity index (χ2v) is 6.67. The van der Waals surface area contributed by atoms with Gasteiger partial charge in [0, 0.05) is 9.81 Å². The average Bonchev–Trinajstić information content (AvgIpc) is 2.39. The largest absolute Gasteiger partial charge is 0.0650 e. The maximum atomic E-state index is 2.25. The van der Waals surface area contributed by atoms with E-state index in [9.17, 15) is 0 Å². The van der Waals surface area contributed by atoms with Crippen LogP contribution in [0.4, 0.5) is 0 Å². The summed E-state index contributed by atoms with van der Waals surface area (Å²) in [4.78, 5) is 3.29. The van der Waals surface area contributed by atoms with Gasteiger partial charge in [-0.15, -0.1) is 0 Å². The summed E-state index contributed by atoms with van der Waals surface area (Å²) in [5.41, 5.74) is 0. The fourth-order valence-electron chi connectivity index (χ4n) is 1.01. The molecule has 0 aromatic carbocycles. The Balaban J connectivity index is 2.47. The van der Waals surface area contributed by atoms with E-state index in [1.807, 2.05) is 31.4 Å². The molecule has 0 saturated carbocycles. The van der Waals surface area contributed by atoms with E-state index in [0.717, 1.165) is 0 Å². The van der Waals surface area contributed by atoms with E-state index in [-0.39, 0.29) is 0 Å². The number of rotatable bonds is 4. The molecule has 0 bridgehead atoms. The predicted molar refractivity (Wildman–Crippen MR) is 59.6 cm³/mol. The lowest BCUT2D eigenvalue weighted by Crippen LogP contribution is -1.78. The first kappa shape index (κ1) is 9.87. The van der Waals surface area contributed by atoms with Gasteiger partial charge in [0.25, 0.3) is 0 Å². The topological polar surface area (TPSA) is 0 Å². The molecule has 0 fully saturated rings. The van der Waals surface area contributed by atoms with Gasteiger partial charge in [-0.25, -0.2) is 0 Å². The molecule has 0 atom stereocenters. The van der Waals surface area contributed by atoms with Crippen LogP contribution in [0.3, 0.4) is 0 Å². The standard InChI is InChI=1S/C8H14S3/c1-3-5-7-8(6-4-2)10-11-9-7/h3-6H2,1-2H3. The SMILES string of the molecule is CCCC1=C(CCC)SSS1. The molecule has 3 heteroatoms. The first-order valence-electron chi connectivity index (χ1n) is 4.11. The summed E-state index contributed by atoms with van der Waals surface area (Å²) in [5.74, 6) is 0. The normalized spacial score (nSPS) is 18.0. The summed E-state index contributed by atoms with van der Waals surface area (Å²) in [6, 6.07) is 0. The van der Waals surface area contributed by atoms with E-state index in [0.29, 0.717) is 0 Å². The van der Waals surface area contributed by atoms with Crippen LogP contribution in [-0.2, 0) is 0 Å². The van der Waals surface area contributed by atoms with Crippen LogP contribution >= 0.6 is 31.4 Å². The number of allylic oxidation sites excluding steroid dienone is 2. The van der Waals surface area contributed by atoms with Gasteiger partial charge in [0.05, 0.1) is 0 Å². The summed E-state index contributed by atoms with van der Waals surface area (Å²) in [5, 5.41) is 0. The average molecular weight is 206 g/mol. The Labute approximate surface area is 80.8 Å². The Morgan fingerprint density at radius 2 is 1.36 bits per heavy atom. The highest BCUT2D eigenvalue weighted by Crippen LogP contribution is 2.56. The van der Waals surface area contributed by atoms with Gasteiger partial charge in [0.1, 0.15) is 0 Å². The molecule has 64 valence electrons. The summed E-state index contributed by atoms with van der Waals surface area (Å²) < 4.78 is 0. The Morgan fingerprint density at radius 3 is 1.73 bits per heavy atom. The zero-order valence-corrected chi connectivity index (χ0v) is 9.50. The molecule has 11 heavy (non-hydrogen) atoms. The first-order valence-corrected chi connectivity index (χ1v) is 7.60. The molecule has 0 aliphatic carbocycles. The van der Waals surface area contributed by atoms with Gasteiger partial charge in [-0.3, -0.25) is 0 Å². The van der Waals surface area contributed by atoms with Crippen molar-refractivity contribution in [1.29, 1.82) is 0 Å². The first-order chi connectivity index (χ1) is 5.38. The minimum absolute atomic E-state index is 1.29. The lowest BCUT2D eigenvalue weighted by atomic mass is 10.2. The third kappa shape index (κ3) is 2.96. The van der Waals surface area contributed by atoms with Crippen LogP contribution in [0.1, 0.15) is 39.5 Å². The molecule has 0 amide bonds. The quantitative estimate of drug-likeness (QED) is 0.604. The number of hydrogen-bond donors (Lipinski definition) is 0. The second kappa shape index (κ2) is 5.44. The molecular formula is C8H14S3. The van der Waals surface area contributed by atoms with Gasteiger partial charge in [0.15, 0.2) is 0 Å². The highest BCUT2D eigenvalue weighted by atomic mass is 33.5. The van der Waals surface area contributed by atoms with Crippen LogP contribution in [0, 0.1) is 0 Å². The lowest BCUT2D eigenvalue weighted by Gasteiger charge is -2.00. The fraction of sp³-hybridized carbons (Fsp3) is 0.750. The Hall–Kier alpha value is 0.790. The molecule has 0 spiro atoms. The Kier molecular flexibility index (Phi) is 4.88. The van der Waals surface area contributed by atoms with Crippen LogP contribution in [0.5, 0.6) is 0 Å². The van der Waals surface area contributed by atoms with Crippen molar-refractivity contribution >= 4 is 31.4 Å². The molecule has 1 heterocycles. The van der Waals surface area contributed by atoms with Gasteiger partial charge in [-0.1, -0.05) is 26.7 Å². The minimum atomic E-state index is 1.29. The summed E-state index contributed by atoms with van der Waals surface area (Å²) in [6.07, 6.45) is 5.16. The molecule has 0 aromatic rings. The van der Waals surface area contributed by atoms with Gasteiger partial charge in [0.2, 0.25) is 0 Å². The van der Waals surface area contributed by atoms with Crippen molar-refractivity contribution in [2.75, 3.05) is 0 Å². The van der Waals surface area contributed by atoms with E-state index in [1.165, 1.54) is 25.7 Å². The van der Waals surface area contributed by atoms with E-state index < -0.39 is 0 Å². The van der Waals surface area contributed by atoms with Gasteiger partial charge in [-0.05, 0) is 44.3 Å². The van der Waals surface area contributed by atoms with E-state index in [4.69, 9.17) is 0 Å². The van der Waals surface area contributed by atoms with E-state index in [2.05, 4.69) is 13.8 Å². The lowest BCUT2D eigenvalue weighted by molar-refractivity contribution is 0.905. The van der Waals surface area contributed by atoms with Crippen molar-refractivity contribution in [3.63, 3.8) is 0 Å². The third-order valence-electron chi connectivity index (χ3n) is 1.53. The molecular weight excluding hydrogens is 192 g/mol. The monoisotopic (exact) mass is 206 g/mol. The van der Waals surface area contributed by atoms with Crippen molar-refractivity contribution in [2.45, 2.75) is 39.5 Å². The van der Waals surface area contributed by atoms with Crippen LogP contribution in [0.25, 0.3) is 0 Å². The zero-order chi connectivity index (χ0) is 8.10. The van der Waals surface area contributed by atoms with Crippen LogP contribution in [0.15, 0.2) is 9.81 Å². The van der Waals surface area contributed by atoms with Crippen molar-refractivity contribution in [3.05, 3.63) is 9.81 Å². The third-order valence-corrected chi connectivity index (χ3v) is 5.94. The summed E-state index contributed by atoms with van der Waals surface area (Å²) in [6.45, 7) is 4.51. The number of hydrogen-bond acceptors (Lipinski definition) is 3. The summed E-state index contributed by atoms with van der Waals surface area (Å²) in [7, 11) is 5.88. The zero-order valence-electron chi connectivity index (χ0n) is 7.05. The van der Waals surface area contributed by atoms with Gasteiger partial charge < -0.3 is 0 Å². The molecule has 0 saturated heterocycles. The van der Waals surface area contributed by atoms with Gasteiger partial charge >= 0.3 is 0 Å². The molecule has 0 aromatic heterocycles. The highest BCUT2D eigenvalue weighted by molar-refractivity contribution is 9.12. The van der Waals surface area contributed by atoms with Gasteiger partial charge in [-0.2, -0.15) is 0 Å². The minimum Gasteiger partial charge on any atom is -0.0650 e. The van der Waals surface area contributed by atoms with Crippen molar-refractivity contribution in [1.82, 2.24) is 0 Å². The van der Waals surface area contributed by atoms with Crippen molar-refractivity contribution < 1.29 is 0 Å². The molecule has 0 nitrogen and oxygen atoms in total. The molecule has 1 rings (SSSR count). The molecule has 1 aliphatic rings. The highest BCUT2D eigenvalue weighted by Gasteiger charge is 2.14. The fourth-order valence-corrected chi connectivity index (χ4v) is 6.22. The maximum Gasteiger partial charge on any atom is 0.00702 e. The maximum absolute atomic E-state index is 2.25. The Morgan fingerprint density at radius 1 is 0.909 bits per heavy atom. The molecule has 0 N–H and O–H groups in total. The second-order valence-electron chi connectivity index (χ2n) is 2.58.